The molecule has 1 atom stereocenters. The van der Waals surface area contributed by atoms with Gasteiger partial charge in [0.05, 0.1) is 20.1 Å². The Labute approximate surface area is 177 Å². The van der Waals surface area contributed by atoms with Crippen LogP contribution in [-0.2, 0) is 20.8 Å². The number of amides is 3. The Kier molecular flexibility index (Phi) is 7.54. The normalized spacial score (nSPS) is 18.8. The molecule has 0 spiro atoms. The molecule has 8 heteroatoms. The van der Waals surface area contributed by atoms with Gasteiger partial charge in [0.15, 0.2) is 11.5 Å². The molecule has 2 aliphatic heterocycles. The molecule has 1 N–H and O–H groups in total. The lowest BCUT2D eigenvalue weighted by Crippen LogP contribution is -2.35. The Morgan fingerprint density at radius 1 is 1.10 bits per heavy atom. The summed E-state index contributed by atoms with van der Waals surface area (Å²) in [6, 6.07) is 5.72. The largest absolute Gasteiger partial charge is 0.493 e. The van der Waals surface area contributed by atoms with Gasteiger partial charge in [0.1, 0.15) is 0 Å². The highest BCUT2D eigenvalue weighted by molar-refractivity contribution is 5.89. The molecular formula is C22H31N3O5. The molecule has 3 rings (SSSR count). The van der Waals surface area contributed by atoms with Gasteiger partial charge in [-0.3, -0.25) is 14.4 Å². The molecule has 0 bridgehead atoms. The third kappa shape index (κ3) is 5.43. The van der Waals surface area contributed by atoms with Crippen LogP contribution < -0.4 is 14.8 Å². The molecule has 2 aliphatic rings. The zero-order valence-electron chi connectivity index (χ0n) is 17.8. The molecule has 8 nitrogen and oxygen atoms in total. The number of hydrogen-bond acceptors (Lipinski definition) is 5. The van der Waals surface area contributed by atoms with E-state index in [4.69, 9.17) is 9.47 Å². The molecule has 0 unspecified atom stereocenters. The van der Waals surface area contributed by atoms with Crippen molar-refractivity contribution in [3.63, 3.8) is 0 Å². The van der Waals surface area contributed by atoms with Crippen LogP contribution in [0.15, 0.2) is 18.2 Å². The summed E-state index contributed by atoms with van der Waals surface area (Å²) in [7, 11) is 3.19. The first-order valence-electron chi connectivity index (χ1n) is 10.6. The van der Waals surface area contributed by atoms with E-state index in [9.17, 15) is 14.4 Å². The lowest BCUT2D eigenvalue weighted by molar-refractivity contribution is -0.129. The fourth-order valence-corrected chi connectivity index (χ4v) is 4.03. The van der Waals surface area contributed by atoms with Crippen LogP contribution in [-0.4, -0.2) is 74.5 Å². The number of carbonyl (C=O) groups is 3. The van der Waals surface area contributed by atoms with Gasteiger partial charge in [0.25, 0.3) is 0 Å². The van der Waals surface area contributed by atoms with Crippen LogP contribution in [0.4, 0.5) is 0 Å². The second kappa shape index (κ2) is 10.3. The maximum absolute atomic E-state index is 12.4. The molecule has 2 saturated heterocycles. The molecule has 2 heterocycles. The average Bonchev–Trinajstić information content (AvgIpc) is 3.34. The quantitative estimate of drug-likeness (QED) is 0.579. The first-order valence-corrected chi connectivity index (χ1v) is 10.6. The van der Waals surface area contributed by atoms with E-state index >= 15 is 0 Å². The second-order valence-electron chi connectivity index (χ2n) is 7.81. The van der Waals surface area contributed by atoms with Crippen LogP contribution >= 0.6 is 0 Å². The van der Waals surface area contributed by atoms with Gasteiger partial charge >= 0.3 is 0 Å². The third-order valence-electron chi connectivity index (χ3n) is 5.78. The first kappa shape index (κ1) is 21.9. The van der Waals surface area contributed by atoms with Crippen LogP contribution in [0.25, 0.3) is 0 Å². The number of nitrogens with zero attached hydrogens (tertiary/aromatic N) is 2. The molecule has 164 valence electrons. The number of benzene rings is 1. The number of hydrogen-bond donors (Lipinski definition) is 1. The summed E-state index contributed by atoms with van der Waals surface area (Å²) < 4.78 is 10.6. The van der Waals surface area contributed by atoms with Crippen molar-refractivity contribution < 1.29 is 23.9 Å². The highest BCUT2D eigenvalue weighted by Crippen LogP contribution is 2.28. The van der Waals surface area contributed by atoms with Crippen LogP contribution in [0.5, 0.6) is 11.5 Å². The van der Waals surface area contributed by atoms with E-state index in [0.29, 0.717) is 50.5 Å². The Balaban J connectivity index is 1.40. The number of rotatable bonds is 10. The molecule has 30 heavy (non-hydrogen) atoms. The predicted molar refractivity (Wildman–Crippen MR) is 111 cm³/mol. The van der Waals surface area contributed by atoms with Gasteiger partial charge < -0.3 is 24.6 Å². The van der Waals surface area contributed by atoms with Crippen LogP contribution in [0.2, 0.25) is 0 Å². The van der Waals surface area contributed by atoms with E-state index in [-0.39, 0.29) is 30.1 Å². The second-order valence-corrected chi connectivity index (χ2v) is 7.81. The summed E-state index contributed by atoms with van der Waals surface area (Å²) in [4.78, 5) is 40.0. The van der Waals surface area contributed by atoms with Crippen LogP contribution in [0.3, 0.4) is 0 Å². The molecule has 0 saturated carbocycles. The minimum Gasteiger partial charge on any atom is -0.493 e. The van der Waals surface area contributed by atoms with Crippen LogP contribution in [0.1, 0.15) is 31.2 Å². The highest BCUT2D eigenvalue weighted by Gasteiger charge is 2.33. The zero-order chi connectivity index (χ0) is 21.5. The molecule has 1 aromatic carbocycles. The Morgan fingerprint density at radius 2 is 1.90 bits per heavy atom. The van der Waals surface area contributed by atoms with Gasteiger partial charge in [0, 0.05) is 45.6 Å². The van der Waals surface area contributed by atoms with Crippen molar-refractivity contribution in [3.05, 3.63) is 23.8 Å². The third-order valence-corrected chi connectivity index (χ3v) is 5.78. The lowest BCUT2D eigenvalue weighted by atomic mass is 10.1. The number of ether oxygens (including phenoxy) is 2. The maximum atomic E-state index is 12.4. The maximum Gasteiger partial charge on any atom is 0.225 e. The van der Waals surface area contributed by atoms with Crippen molar-refractivity contribution >= 4 is 17.7 Å². The minimum atomic E-state index is -0.309. The summed E-state index contributed by atoms with van der Waals surface area (Å²) >= 11 is 0. The lowest BCUT2D eigenvalue weighted by Gasteiger charge is -2.18. The van der Waals surface area contributed by atoms with Crippen LogP contribution in [0, 0.1) is 5.92 Å². The van der Waals surface area contributed by atoms with Crippen molar-refractivity contribution in [1.82, 2.24) is 15.1 Å². The molecule has 1 aromatic rings. The molecule has 0 radical (unpaired) electrons. The van der Waals surface area contributed by atoms with Gasteiger partial charge in [-0.15, -0.1) is 0 Å². The SMILES string of the molecule is COc1ccc(CCN2C[C@H](C(=O)NCCCN3CCCC3=O)CC2=O)cc1OC. The molecule has 0 aromatic heterocycles. The smallest absolute Gasteiger partial charge is 0.225 e. The number of nitrogens with one attached hydrogen (secondary N) is 1. The summed E-state index contributed by atoms with van der Waals surface area (Å²) in [5.41, 5.74) is 1.05. The Morgan fingerprint density at radius 3 is 2.60 bits per heavy atom. The van der Waals surface area contributed by atoms with Gasteiger partial charge in [-0.1, -0.05) is 6.07 Å². The number of methoxy groups -OCH3 is 2. The zero-order valence-corrected chi connectivity index (χ0v) is 17.8. The fourth-order valence-electron chi connectivity index (χ4n) is 4.03. The monoisotopic (exact) mass is 417 g/mol. The predicted octanol–water partition coefficient (Wildman–Crippen LogP) is 1.22. The summed E-state index contributed by atoms with van der Waals surface area (Å²) in [6.45, 7) is 3.04. The topological polar surface area (TPSA) is 88.2 Å². The van der Waals surface area contributed by atoms with E-state index in [1.54, 1.807) is 19.1 Å². The average molecular weight is 418 g/mol. The van der Waals surface area contributed by atoms with E-state index in [1.807, 2.05) is 23.1 Å². The molecular weight excluding hydrogens is 386 g/mol. The van der Waals surface area contributed by atoms with Gasteiger partial charge in [0.2, 0.25) is 17.7 Å². The van der Waals surface area contributed by atoms with E-state index < -0.39 is 0 Å². The molecule has 2 fully saturated rings. The number of likely N-dealkylation sites (tertiary alicyclic amines) is 2. The fraction of sp³-hybridized carbons (Fsp3) is 0.591. The van der Waals surface area contributed by atoms with E-state index in [2.05, 4.69) is 5.32 Å². The highest BCUT2D eigenvalue weighted by atomic mass is 16.5. The summed E-state index contributed by atoms with van der Waals surface area (Å²) in [6.07, 6.45) is 3.23. The van der Waals surface area contributed by atoms with Crippen molar-refractivity contribution in [3.8, 4) is 11.5 Å². The van der Waals surface area contributed by atoms with Gasteiger partial charge in [-0.25, -0.2) is 0 Å². The first-order chi connectivity index (χ1) is 14.5. The van der Waals surface area contributed by atoms with Crippen molar-refractivity contribution in [1.29, 1.82) is 0 Å². The number of carbonyl (C=O) groups excluding carboxylic acids is 3. The minimum absolute atomic E-state index is 0.0123. The van der Waals surface area contributed by atoms with E-state index in [1.165, 1.54) is 0 Å². The van der Waals surface area contributed by atoms with E-state index in [0.717, 1.165) is 24.9 Å². The van der Waals surface area contributed by atoms with Crippen molar-refractivity contribution in [2.45, 2.75) is 32.1 Å². The summed E-state index contributed by atoms with van der Waals surface area (Å²) in [5, 5.41) is 2.92. The molecule has 0 aliphatic carbocycles. The standard InChI is InChI=1S/C22H31N3O5/c1-29-18-7-6-16(13-19(18)30-2)8-12-25-15-17(14-21(25)27)22(28)23-9-4-11-24-10-3-5-20(24)26/h6-7,13,17H,3-5,8-12,14-15H2,1-2H3,(H,23,28)/t17-/m1/s1. The Bertz CT molecular complexity index is 782. The van der Waals surface area contributed by atoms with Gasteiger partial charge in [-0.2, -0.15) is 0 Å². The molecule has 3 amide bonds. The van der Waals surface area contributed by atoms with Gasteiger partial charge in [-0.05, 0) is 37.0 Å². The van der Waals surface area contributed by atoms with Crippen molar-refractivity contribution in [2.24, 2.45) is 5.92 Å². The Hall–Kier alpha value is -2.77. The van der Waals surface area contributed by atoms with Crippen molar-refractivity contribution in [2.75, 3.05) is 46.9 Å². The summed E-state index contributed by atoms with van der Waals surface area (Å²) in [5.74, 6) is 1.16.